The summed E-state index contributed by atoms with van der Waals surface area (Å²) in [5.74, 6) is 0.353. The minimum absolute atomic E-state index is 0.0647. The molecule has 6 heteroatoms. The summed E-state index contributed by atoms with van der Waals surface area (Å²) in [6.07, 6.45) is 3.09. The van der Waals surface area contributed by atoms with E-state index < -0.39 is 0 Å². The van der Waals surface area contributed by atoms with Crippen LogP contribution in [0.3, 0.4) is 0 Å². The average molecular weight is 406 g/mol. The third kappa shape index (κ3) is 6.52. The summed E-state index contributed by atoms with van der Waals surface area (Å²) < 4.78 is 7.15. The van der Waals surface area contributed by atoms with Gasteiger partial charge >= 0.3 is 0 Å². The fourth-order valence-electron chi connectivity index (χ4n) is 1.41. The Balaban J connectivity index is 2.39. The second-order valence-corrected chi connectivity index (χ2v) is 6.12. The average Bonchev–Trinajstić information content (AvgIpc) is 2.41. The molecule has 1 aromatic carbocycles. The molecule has 0 saturated heterocycles. The standard InChI is InChI=1S/C14H18Br2N2O2/c1-3-4-5-10(2)17-18-14(19)9-20-13-7-6-11(15)8-12(13)16/h6-8H,3-5,9H2,1-2H3,(H,18,19)/b17-10+. The lowest BCUT2D eigenvalue weighted by Crippen LogP contribution is -2.25. The van der Waals surface area contributed by atoms with Gasteiger partial charge in [0.15, 0.2) is 6.61 Å². The minimum atomic E-state index is -0.268. The van der Waals surface area contributed by atoms with Gasteiger partial charge in [0.25, 0.3) is 5.91 Å². The Morgan fingerprint density at radius 3 is 2.80 bits per heavy atom. The number of halogens is 2. The van der Waals surface area contributed by atoms with Gasteiger partial charge in [0.1, 0.15) is 5.75 Å². The van der Waals surface area contributed by atoms with Gasteiger partial charge in [-0.25, -0.2) is 5.43 Å². The van der Waals surface area contributed by atoms with Gasteiger partial charge in [0, 0.05) is 10.2 Å². The zero-order valence-corrected chi connectivity index (χ0v) is 14.8. The number of hydrogen-bond acceptors (Lipinski definition) is 3. The van der Waals surface area contributed by atoms with Crippen molar-refractivity contribution < 1.29 is 9.53 Å². The number of unbranched alkanes of at least 4 members (excludes halogenated alkanes) is 1. The summed E-state index contributed by atoms with van der Waals surface area (Å²) in [6, 6.07) is 5.50. The Morgan fingerprint density at radius 1 is 1.40 bits per heavy atom. The normalized spacial score (nSPS) is 11.3. The lowest BCUT2D eigenvalue weighted by molar-refractivity contribution is -0.123. The Morgan fingerprint density at radius 2 is 2.15 bits per heavy atom. The van der Waals surface area contributed by atoms with Crippen LogP contribution >= 0.6 is 31.9 Å². The highest BCUT2D eigenvalue weighted by Crippen LogP contribution is 2.27. The van der Waals surface area contributed by atoms with Crippen LogP contribution in [0.2, 0.25) is 0 Å². The lowest BCUT2D eigenvalue weighted by Gasteiger charge is -2.07. The molecule has 0 radical (unpaired) electrons. The molecule has 0 aliphatic heterocycles. The first kappa shape index (κ1) is 17.2. The van der Waals surface area contributed by atoms with Crippen molar-refractivity contribution in [3.63, 3.8) is 0 Å². The zero-order chi connectivity index (χ0) is 15.0. The van der Waals surface area contributed by atoms with E-state index in [0.29, 0.717) is 5.75 Å². The SMILES string of the molecule is CCCC/C(C)=N/NC(=O)COc1ccc(Br)cc1Br. The van der Waals surface area contributed by atoms with E-state index in [1.165, 1.54) is 0 Å². The van der Waals surface area contributed by atoms with Crippen LogP contribution in [-0.2, 0) is 4.79 Å². The zero-order valence-electron chi connectivity index (χ0n) is 11.6. The number of nitrogens with one attached hydrogen (secondary N) is 1. The molecular weight excluding hydrogens is 388 g/mol. The molecule has 20 heavy (non-hydrogen) atoms. The molecule has 0 fully saturated rings. The molecule has 1 aromatic rings. The van der Waals surface area contributed by atoms with E-state index in [-0.39, 0.29) is 12.5 Å². The third-order valence-corrected chi connectivity index (χ3v) is 3.63. The maximum absolute atomic E-state index is 11.6. The first-order valence-corrected chi connectivity index (χ1v) is 8.01. The van der Waals surface area contributed by atoms with Crippen molar-refractivity contribution in [2.75, 3.05) is 6.61 Å². The monoisotopic (exact) mass is 404 g/mol. The first-order valence-electron chi connectivity index (χ1n) is 6.42. The molecule has 0 heterocycles. The summed E-state index contributed by atoms with van der Waals surface area (Å²) >= 11 is 6.73. The summed E-state index contributed by atoms with van der Waals surface area (Å²) in [4.78, 5) is 11.6. The Bertz CT molecular complexity index is 490. The number of hydrogen-bond donors (Lipinski definition) is 1. The molecule has 110 valence electrons. The van der Waals surface area contributed by atoms with Gasteiger partial charge < -0.3 is 4.74 Å². The maximum atomic E-state index is 11.6. The molecule has 1 amide bonds. The predicted octanol–water partition coefficient (Wildman–Crippen LogP) is 4.27. The Hall–Kier alpha value is -0.880. The molecular formula is C14H18Br2N2O2. The van der Waals surface area contributed by atoms with Crippen molar-refractivity contribution in [1.82, 2.24) is 5.43 Å². The van der Waals surface area contributed by atoms with Gasteiger partial charge in [0.05, 0.1) is 4.47 Å². The number of carbonyl (C=O) groups excluding carboxylic acids is 1. The van der Waals surface area contributed by atoms with Gasteiger partial charge in [-0.1, -0.05) is 29.3 Å². The second kappa shape index (κ2) is 9.13. The van der Waals surface area contributed by atoms with Gasteiger partial charge in [-0.05, 0) is 53.9 Å². The topological polar surface area (TPSA) is 50.7 Å². The predicted molar refractivity (Wildman–Crippen MR) is 88.1 cm³/mol. The fraction of sp³-hybridized carbons (Fsp3) is 0.429. The molecule has 4 nitrogen and oxygen atoms in total. The molecule has 0 aliphatic rings. The van der Waals surface area contributed by atoms with Crippen molar-refractivity contribution >= 4 is 43.5 Å². The van der Waals surface area contributed by atoms with Crippen molar-refractivity contribution in [2.24, 2.45) is 5.10 Å². The molecule has 0 spiro atoms. The molecule has 0 saturated carbocycles. The van der Waals surface area contributed by atoms with E-state index in [0.717, 1.165) is 33.9 Å². The highest BCUT2D eigenvalue weighted by molar-refractivity contribution is 9.11. The fourth-order valence-corrected chi connectivity index (χ4v) is 2.58. The maximum Gasteiger partial charge on any atom is 0.277 e. The molecule has 0 aromatic heterocycles. The van der Waals surface area contributed by atoms with E-state index in [4.69, 9.17) is 4.74 Å². The molecule has 1 N–H and O–H groups in total. The summed E-state index contributed by atoms with van der Waals surface area (Å²) in [7, 11) is 0. The van der Waals surface area contributed by atoms with Crippen molar-refractivity contribution in [3.05, 3.63) is 27.1 Å². The van der Waals surface area contributed by atoms with E-state index >= 15 is 0 Å². The summed E-state index contributed by atoms with van der Waals surface area (Å²) in [5.41, 5.74) is 3.41. The number of benzene rings is 1. The number of nitrogens with zero attached hydrogens (tertiary/aromatic N) is 1. The van der Waals surface area contributed by atoms with E-state index in [2.05, 4.69) is 49.3 Å². The number of rotatable bonds is 7. The first-order chi connectivity index (χ1) is 9.52. The molecule has 0 unspecified atom stereocenters. The van der Waals surface area contributed by atoms with Crippen LogP contribution < -0.4 is 10.2 Å². The Kier molecular flexibility index (Phi) is 7.84. The number of amides is 1. The largest absolute Gasteiger partial charge is 0.483 e. The van der Waals surface area contributed by atoms with Crippen LogP contribution in [0.4, 0.5) is 0 Å². The van der Waals surface area contributed by atoms with E-state index in [1.54, 1.807) is 6.07 Å². The van der Waals surface area contributed by atoms with Crippen LogP contribution in [0, 0.1) is 0 Å². The third-order valence-electron chi connectivity index (χ3n) is 2.52. The number of ether oxygens (including phenoxy) is 1. The number of carbonyl (C=O) groups is 1. The Labute approximate surface area is 136 Å². The minimum Gasteiger partial charge on any atom is -0.483 e. The van der Waals surface area contributed by atoms with Gasteiger partial charge in [0.2, 0.25) is 0 Å². The van der Waals surface area contributed by atoms with Gasteiger partial charge in [-0.3, -0.25) is 4.79 Å². The van der Waals surface area contributed by atoms with Crippen LogP contribution in [-0.4, -0.2) is 18.2 Å². The van der Waals surface area contributed by atoms with Gasteiger partial charge in [-0.15, -0.1) is 0 Å². The highest BCUT2D eigenvalue weighted by atomic mass is 79.9. The van der Waals surface area contributed by atoms with E-state index in [1.807, 2.05) is 19.1 Å². The van der Waals surface area contributed by atoms with Crippen molar-refractivity contribution in [2.45, 2.75) is 33.1 Å². The van der Waals surface area contributed by atoms with E-state index in [9.17, 15) is 4.79 Å². The lowest BCUT2D eigenvalue weighted by atomic mass is 10.2. The second-order valence-electron chi connectivity index (χ2n) is 4.35. The number of hydrazone groups is 1. The smallest absolute Gasteiger partial charge is 0.277 e. The van der Waals surface area contributed by atoms with Crippen LogP contribution in [0.25, 0.3) is 0 Å². The molecule has 1 rings (SSSR count). The quantitative estimate of drug-likeness (QED) is 0.543. The molecule has 0 atom stereocenters. The summed E-state index contributed by atoms with van der Waals surface area (Å²) in [6.45, 7) is 3.96. The van der Waals surface area contributed by atoms with Crippen molar-refractivity contribution in [3.8, 4) is 5.75 Å². The van der Waals surface area contributed by atoms with Crippen LogP contribution in [0.15, 0.2) is 32.2 Å². The highest BCUT2D eigenvalue weighted by Gasteiger charge is 2.05. The molecule has 0 bridgehead atoms. The van der Waals surface area contributed by atoms with Crippen molar-refractivity contribution in [1.29, 1.82) is 0 Å². The van der Waals surface area contributed by atoms with Gasteiger partial charge in [-0.2, -0.15) is 5.10 Å². The van der Waals surface area contributed by atoms with Crippen LogP contribution in [0.1, 0.15) is 33.1 Å². The molecule has 0 aliphatic carbocycles. The van der Waals surface area contributed by atoms with Crippen LogP contribution in [0.5, 0.6) is 5.75 Å². The summed E-state index contributed by atoms with van der Waals surface area (Å²) in [5, 5.41) is 4.03.